The molecule has 3 rings (SSSR count). The molecule has 4 atom stereocenters. The molecule has 0 radical (unpaired) electrons. The van der Waals surface area contributed by atoms with E-state index in [2.05, 4.69) is 48.5 Å². The van der Waals surface area contributed by atoms with Gasteiger partial charge in [0.05, 0.1) is 12.6 Å². The number of carbonyl (C=O) groups is 4. The number of hydrogen-bond acceptors (Lipinski definition) is 14. The zero-order chi connectivity index (χ0) is 43.9. The topological polar surface area (TPSA) is 348 Å². The third kappa shape index (κ3) is 16.1. The molecule has 0 fully saturated rings. The predicted molar refractivity (Wildman–Crippen MR) is 236 cm³/mol. The molecule has 0 saturated heterocycles. The van der Waals surface area contributed by atoms with Crippen LogP contribution in [0.4, 0.5) is 17.5 Å². The summed E-state index contributed by atoms with van der Waals surface area (Å²) >= 11 is 0. The predicted octanol–water partition coefficient (Wildman–Crippen LogP) is 0.198. The summed E-state index contributed by atoms with van der Waals surface area (Å²) in [4.78, 5) is 78.8. The number of carbonyl (C=O) groups excluding carboxylic acids is 4. The second-order valence-electron chi connectivity index (χ2n) is 15.0. The van der Waals surface area contributed by atoms with E-state index < -0.39 is 53.5 Å². The second-order valence-corrected chi connectivity index (χ2v) is 15.0. The van der Waals surface area contributed by atoms with Crippen molar-refractivity contribution in [1.29, 1.82) is 0 Å². The van der Waals surface area contributed by atoms with Crippen LogP contribution < -0.4 is 66.7 Å². The molecule has 20 nitrogen and oxygen atoms in total. The minimum atomic E-state index is -1.02. The Kier molecular flexibility index (Phi) is 22.0. The maximum atomic E-state index is 13.9. The second kappa shape index (κ2) is 26.8. The molecule has 2 heterocycles. The molecular formula is C40H69N15O5. The van der Waals surface area contributed by atoms with Crippen LogP contribution in [0.25, 0.3) is 11.2 Å². The van der Waals surface area contributed by atoms with Crippen LogP contribution in [0.15, 0.2) is 29.1 Å². The zero-order valence-electron chi connectivity index (χ0n) is 35.1. The van der Waals surface area contributed by atoms with Gasteiger partial charge in [0.15, 0.2) is 11.5 Å². The first-order valence-electron chi connectivity index (χ1n) is 21.3. The van der Waals surface area contributed by atoms with Gasteiger partial charge in [0.2, 0.25) is 29.6 Å². The number of H-pyrrole nitrogens is 1. The molecule has 2 aromatic heterocycles. The number of fused-ring (bicyclic) bond motifs is 1. The third-order valence-electron chi connectivity index (χ3n) is 10.1. The number of nitrogens with zero attached hydrogens (tertiary/aromatic N) is 3. The van der Waals surface area contributed by atoms with Crippen LogP contribution in [-0.4, -0.2) is 100 Å². The minimum Gasteiger partial charge on any atom is -0.382 e. The van der Waals surface area contributed by atoms with Gasteiger partial charge in [-0.1, -0.05) is 31.9 Å². The molecule has 0 aliphatic heterocycles. The van der Waals surface area contributed by atoms with E-state index in [1.54, 1.807) is 24.3 Å². The molecule has 3 aromatic rings. The van der Waals surface area contributed by atoms with Crippen molar-refractivity contribution in [2.45, 2.75) is 128 Å². The van der Waals surface area contributed by atoms with E-state index in [1.807, 2.05) is 0 Å². The first-order chi connectivity index (χ1) is 28.9. The average molecular weight is 840 g/mol. The highest BCUT2D eigenvalue weighted by Crippen LogP contribution is 2.19. The van der Waals surface area contributed by atoms with Gasteiger partial charge in [-0.2, -0.15) is 9.97 Å². The number of benzene rings is 1. The number of unbranched alkanes of at least 4 members (excludes halogenated alkanes) is 5. The molecular weight excluding hydrogens is 771 g/mol. The van der Waals surface area contributed by atoms with Crippen molar-refractivity contribution in [3.05, 3.63) is 40.3 Å². The number of nitrogens with one attached hydrogen (secondary N) is 6. The number of nitrogens with two attached hydrogens (primary N) is 6. The molecule has 60 heavy (non-hydrogen) atoms. The maximum Gasteiger partial charge on any atom is 0.328 e. The van der Waals surface area contributed by atoms with Crippen LogP contribution in [0, 0.1) is 0 Å². The van der Waals surface area contributed by atoms with Gasteiger partial charge in [-0.3, -0.25) is 23.7 Å². The van der Waals surface area contributed by atoms with Gasteiger partial charge < -0.3 is 66.0 Å². The minimum absolute atomic E-state index is 0.159. The fourth-order valence-corrected chi connectivity index (χ4v) is 6.51. The van der Waals surface area contributed by atoms with Gasteiger partial charge >= 0.3 is 5.69 Å². The molecule has 0 bridgehead atoms. The number of aromatic nitrogens is 4. The van der Waals surface area contributed by atoms with Crippen LogP contribution >= 0.6 is 0 Å². The Morgan fingerprint density at radius 1 is 0.683 bits per heavy atom. The molecule has 0 spiro atoms. The molecule has 0 saturated carbocycles. The van der Waals surface area contributed by atoms with Gasteiger partial charge in [0.1, 0.15) is 23.6 Å². The van der Waals surface area contributed by atoms with E-state index in [0.717, 1.165) is 24.8 Å². The van der Waals surface area contributed by atoms with Gasteiger partial charge in [-0.05, 0) is 121 Å². The lowest BCUT2D eigenvalue weighted by molar-refractivity contribution is -0.133. The number of anilines is 3. The summed E-state index contributed by atoms with van der Waals surface area (Å²) in [5.74, 6) is -1.53. The quantitative estimate of drug-likeness (QED) is 0.0399. The Hall–Kier alpha value is -5.15. The maximum absolute atomic E-state index is 13.9. The molecule has 1 aromatic carbocycles. The fraction of sp³-hybridized carbons (Fsp3) is 0.625. The van der Waals surface area contributed by atoms with E-state index in [0.29, 0.717) is 120 Å². The summed E-state index contributed by atoms with van der Waals surface area (Å²) in [5.41, 5.74) is 36.5. The van der Waals surface area contributed by atoms with Gasteiger partial charge in [-0.25, -0.2) is 4.79 Å². The summed E-state index contributed by atoms with van der Waals surface area (Å²) in [6.45, 7) is 4.61. The lowest BCUT2D eigenvalue weighted by Crippen LogP contribution is -2.57. The standard InChI is InChI=1S/C40H69N15O5/c1-2-3-24-47-39-53-33(46)32-34(54-39)55(40(60)52-32)25-26-16-18-27(19-17-26)48-36(57)29(13-5-9-21-42)50-38(59)31(15-7-11-23-44)51-37(58)30(14-6-10-22-43)49-35(56)28(45)12-4-8-20-41/h16-19,28-31H,2-15,20-25,41-45H2,1H3,(H,48,57)(H,49,56)(H,50,59)(H,51,58)(H,52,60)(H3,46,47,53,54). The van der Waals surface area contributed by atoms with Crippen molar-refractivity contribution in [2.24, 2.45) is 28.7 Å². The van der Waals surface area contributed by atoms with Crippen molar-refractivity contribution in [1.82, 2.24) is 35.5 Å². The number of imidazole rings is 1. The van der Waals surface area contributed by atoms with Gasteiger partial charge in [0, 0.05) is 12.2 Å². The Morgan fingerprint density at radius 3 is 1.70 bits per heavy atom. The number of aromatic amines is 1. The van der Waals surface area contributed by atoms with Crippen molar-refractivity contribution in [3.8, 4) is 0 Å². The number of amides is 4. The van der Waals surface area contributed by atoms with Crippen molar-refractivity contribution in [3.63, 3.8) is 0 Å². The van der Waals surface area contributed by atoms with Crippen molar-refractivity contribution >= 4 is 52.2 Å². The molecule has 0 aliphatic carbocycles. The van der Waals surface area contributed by atoms with Crippen LogP contribution in [0.3, 0.4) is 0 Å². The Morgan fingerprint density at radius 2 is 1.18 bits per heavy atom. The highest BCUT2D eigenvalue weighted by Gasteiger charge is 2.30. The number of rotatable bonds is 30. The summed E-state index contributed by atoms with van der Waals surface area (Å²) < 4.78 is 1.47. The van der Waals surface area contributed by atoms with E-state index in [9.17, 15) is 24.0 Å². The largest absolute Gasteiger partial charge is 0.382 e. The van der Waals surface area contributed by atoms with Crippen LogP contribution in [0.1, 0.15) is 102 Å². The highest BCUT2D eigenvalue weighted by atomic mass is 16.2. The molecule has 4 unspecified atom stereocenters. The molecule has 334 valence electrons. The Labute approximate surface area is 351 Å². The summed E-state index contributed by atoms with van der Waals surface area (Å²) in [5, 5.41) is 14.5. The van der Waals surface area contributed by atoms with E-state index in [4.69, 9.17) is 34.4 Å². The molecule has 18 N–H and O–H groups in total. The Bertz CT molecular complexity index is 1830. The van der Waals surface area contributed by atoms with E-state index in [-0.39, 0.29) is 18.8 Å². The summed E-state index contributed by atoms with van der Waals surface area (Å²) in [6.07, 6.45) is 8.09. The van der Waals surface area contributed by atoms with Crippen LogP contribution in [-0.2, 0) is 25.7 Å². The Balaban J connectivity index is 1.75. The molecule has 20 heteroatoms. The van der Waals surface area contributed by atoms with Crippen molar-refractivity contribution in [2.75, 3.05) is 49.1 Å². The number of nitrogen functional groups attached to an aromatic ring is 1. The summed E-state index contributed by atoms with van der Waals surface area (Å²) in [6, 6.07) is 3.19. The first kappa shape index (κ1) is 49.2. The van der Waals surface area contributed by atoms with E-state index in [1.165, 1.54) is 4.57 Å². The molecule has 0 aliphatic rings. The lowest BCUT2D eigenvalue weighted by Gasteiger charge is -2.26. The van der Waals surface area contributed by atoms with Crippen LogP contribution in [0.2, 0.25) is 0 Å². The fourth-order valence-electron chi connectivity index (χ4n) is 6.51. The molecule has 4 amide bonds. The zero-order valence-corrected chi connectivity index (χ0v) is 35.1. The SMILES string of the molecule is CCCCNc1nc(N)c2[nH]c(=O)n(Cc3ccc(NC(=O)C(CCCCN)NC(=O)C(CCCCN)NC(=O)C(CCCCN)NC(=O)C(N)CCCCN)cc3)c2n1. The smallest absolute Gasteiger partial charge is 0.328 e. The highest BCUT2D eigenvalue weighted by molar-refractivity contribution is 5.99. The monoisotopic (exact) mass is 840 g/mol. The lowest BCUT2D eigenvalue weighted by atomic mass is 10.0. The third-order valence-corrected chi connectivity index (χ3v) is 10.1. The average Bonchev–Trinajstić information content (AvgIpc) is 3.54. The van der Waals surface area contributed by atoms with Crippen molar-refractivity contribution < 1.29 is 19.2 Å². The van der Waals surface area contributed by atoms with Gasteiger partial charge in [0.25, 0.3) is 0 Å². The van der Waals surface area contributed by atoms with Gasteiger partial charge in [-0.15, -0.1) is 0 Å². The number of hydrogen-bond donors (Lipinski definition) is 12. The van der Waals surface area contributed by atoms with Crippen LogP contribution in [0.5, 0.6) is 0 Å². The normalized spacial score (nSPS) is 13.3. The first-order valence-corrected chi connectivity index (χ1v) is 21.3. The van der Waals surface area contributed by atoms with E-state index >= 15 is 0 Å². The summed E-state index contributed by atoms with van der Waals surface area (Å²) in [7, 11) is 0.